The number of hydrogen-bond acceptors (Lipinski definition) is 5. The maximum Gasteiger partial charge on any atom is 0.243 e. The third-order valence-corrected chi connectivity index (χ3v) is 7.18. The van der Waals surface area contributed by atoms with Crippen LogP contribution in [0.25, 0.3) is 0 Å². The Hall–Kier alpha value is -1.95. The number of rotatable bonds is 2. The molecule has 1 saturated heterocycles. The van der Waals surface area contributed by atoms with Gasteiger partial charge in [0.2, 0.25) is 15.9 Å². The molecule has 0 bridgehead atoms. The first kappa shape index (κ1) is 19.8. The zero-order valence-electron chi connectivity index (χ0n) is 15.3. The minimum absolute atomic E-state index is 0.0924. The molecule has 8 heteroatoms. The van der Waals surface area contributed by atoms with Gasteiger partial charge in [-0.05, 0) is 43.5 Å². The Morgan fingerprint density at radius 3 is 2.59 bits per heavy atom. The molecule has 1 amide bonds. The van der Waals surface area contributed by atoms with Gasteiger partial charge in [0.25, 0.3) is 0 Å². The molecule has 2 fully saturated rings. The molecule has 0 spiro atoms. The van der Waals surface area contributed by atoms with Crippen LogP contribution >= 0.6 is 0 Å². The summed E-state index contributed by atoms with van der Waals surface area (Å²) >= 11 is 0. The highest BCUT2D eigenvalue weighted by molar-refractivity contribution is 7.89. The van der Waals surface area contributed by atoms with Crippen molar-refractivity contribution in [2.75, 3.05) is 26.3 Å². The summed E-state index contributed by atoms with van der Waals surface area (Å²) in [5.41, 5.74) is 0.412. The molecule has 2 aliphatic rings. The minimum Gasteiger partial charge on any atom is -0.380 e. The largest absolute Gasteiger partial charge is 0.380 e. The maximum absolute atomic E-state index is 13.4. The van der Waals surface area contributed by atoms with E-state index in [1.807, 2.05) is 6.07 Å². The lowest BCUT2D eigenvalue weighted by molar-refractivity contribution is -0.127. The maximum atomic E-state index is 13.4. The van der Waals surface area contributed by atoms with Gasteiger partial charge in [-0.3, -0.25) is 4.79 Å². The van der Waals surface area contributed by atoms with Gasteiger partial charge in [-0.25, -0.2) is 8.42 Å². The lowest BCUT2D eigenvalue weighted by Gasteiger charge is -2.38. The van der Waals surface area contributed by atoms with Gasteiger partial charge < -0.3 is 10.1 Å². The van der Waals surface area contributed by atoms with Crippen LogP contribution in [0.2, 0.25) is 0 Å². The standard InChI is InChI=1S/C19H25N3O4S/c20-14-15-6-8-16(9-7-15)27(24,25)22-11-3-12-26-13-10-21-19(23)17-4-1-2-5-18(17)22/h6-9,17-18H,1-5,10-13H2,(H,21,23). The van der Waals surface area contributed by atoms with Crippen LogP contribution in [0.3, 0.4) is 0 Å². The van der Waals surface area contributed by atoms with E-state index in [9.17, 15) is 13.2 Å². The number of carbonyl (C=O) groups is 1. The predicted octanol–water partition coefficient (Wildman–Crippen LogP) is 1.64. The van der Waals surface area contributed by atoms with Gasteiger partial charge in [-0.15, -0.1) is 0 Å². The fourth-order valence-electron chi connectivity index (χ4n) is 3.86. The van der Waals surface area contributed by atoms with Crippen LogP contribution in [-0.4, -0.2) is 51.0 Å². The second kappa shape index (κ2) is 8.83. The van der Waals surface area contributed by atoms with Crippen LogP contribution in [0.5, 0.6) is 0 Å². The van der Waals surface area contributed by atoms with Crippen molar-refractivity contribution in [3.63, 3.8) is 0 Å². The number of benzene rings is 1. The van der Waals surface area contributed by atoms with Gasteiger partial charge in [0, 0.05) is 25.7 Å². The van der Waals surface area contributed by atoms with Crippen LogP contribution in [0, 0.1) is 17.2 Å². The fourth-order valence-corrected chi connectivity index (χ4v) is 5.59. The summed E-state index contributed by atoms with van der Waals surface area (Å²) in [7, 11) is -3.77. The molecule has 1 aromatic carbocycles. The highest BCUT2D eigenvalue weighted by atomic mass is 32.2. The number of sulfonamides is 1. The Labute approximate surface area is 160 Å². The lowest BCUT2D eigenvalue weighted by Crippen LogP contribution is -2.51. The summed E-state index contributed by atoms with van der Waals surface area (Å²) in [6.45, 7) is 1.65. The number of ether oxygens (including phenoxy) is 1. The van der Waals surface area contributed by atoms with Gasteiger partial charge >= 0.3 is 0 Å². The molecule has 2 unspecified atom stereocenters. The molecule has 7 nitrogen and oxygen atoms in total. The first-order valence-electron chi connectivity index (χ1n) is 9.41. The number of nitrogens with one attached hydrogen (secondary N) is 1. The third-order valence-electron chi connectivity index (χ3n) is 5.24. The van der Waals surface area contributed by atoms with E-state index in [-0.39, 0.29) is 22.8 Å². The molecular weight excluding hydrogens is 366 g/mol. The Bertz CT molecular complexity index is 801. The average Bonchev–Trinajstić information content (AvgIpc) is 2.73. The van der Waals surface area contributed by atoms with Gasteiger partial charge in [-0.2, -0.15) is 9.57 Å². The zero-order chi connectivity index (χ0) is 19.3. The number of carbonyl (C=O) groups excluding carboxylic acids is 1. The Morgan fingerprint density at radius 2 is 1.85 bits per heavy atom. The molecule has 1 aromatic rings. The number of nitrogens with zero attached hydrogens (tertiary/aromatic N) is 2. The van der Waals surface area contributed by atoms with Crippen molar-refractivity contribution in [2.45, 2.75) is 43.0 Å². The van der Waals surface area contributed by atoms with Crippen molar-refractivity contribution in [1.29, 1.82) is 5.26 Å². The van der Waals surface area contributed by atoms with Gasteiger partial charge in [0.1, 0.15) is 0 Å². The van der Waals surface area contributed by atoms with E-state index in [0.717, 1.165) is 12.8 Å². The Kier molecular flexibility index (Phi) is 6.47. The van der Waals surface area contributed by atoms with Crippen LogP contribution in [0.15, 0.2) is 29.2 Å². The van der Waals surface area contributed by atoms with Crippen LogP contribution < -0.4 is 5.32 Å². The van der Waals surface area contributed by atoms with E-state index in [1.54, 1.807) is 0 Å². The van der Waals surface area contributed by atoms with Gasteiger partial charge in [0.15, 0.2) is 0 Å². The third kappa shape index (κ3) is 4.49. The molecule has 0 aromatic heterocycles. The quantitative estimate of drug-likeness (QED) is 0.826. The van der Waals surface area contributed by atoms with E-state index < -0.39 is 10.0 Å². The highest BCUT2D eigenvalue weighted by Crippen LogP contribution is 2.32. The second-order valence-electron chi connectivity index (χ2n) is 6.97. The molecule has 146 valence electrons. The van der Waals surface area contributed by atoms with E-state index in [0.29, 0.717) is 51.1 Å². The summed E-state index contributed by atoms with van der Waals surface area (Å²) in [5.74, 6) is -0.435. The molecular formula is C19H25N3O4S. The molecule has 2 atom stereocenters. The molecule has 0 radical (unpaired) electrons. The highest BCUT2D eigenvalue weighted by Gasteiger charge is 2.40. The normalized spacial score (nSPS) is 25.5. The Balaban J connectivity index is 1.96. The number of amides is 1. The van der Waals surface area contributed by atoms with Crippen molar-refractivity contribution in [3.05, 3.63) is 29.8 Å². The van der Waals surface area contributed by atoms with E-state index in [1.165, 1.54) is 28.6 Å². The predicted molar refractivity (Wildman–Crippen MR) is 99.2 cm³/mol. The van der Waals surface area contributed by atoms with Crippen LogP contribution in [0.4, 0.5) is 0 Å². The van der Waals surface area contributed by atoms with Gasteiger partial charge in [0.05, 0.1) is 29.1 Å². The van der Waals surface area contributed by atoms with Crippen molar-refractivity contribution in [3.8, 4) is 6.07 Å². The van der Waals surface area contributed by atoms with E-state index >= 15 is 0 Å². The SMILES string of the molecule is N#Cc1ccc(S(=O)(=O)N2CCCOCCNC(=O)C3CCCCC32)cc1. The topological polar surface area (TPSA) is 99.5 Å². The lowest BCUT2D eigenvalue weighted by atomic mass is 9.83. The van der Waals surface area contributed by atoms with Crippen molar-refractivity contribution >= 4 is 15.9 Å². The fraction of sp³-hybridized carbons (Fsp3) is 0.579. The molecule has 1 N–H and O–H groups in total. The molecule has 1 aliphatic carbocycles. The summed E-state index contributed by atoms with van der Waals surface area (Å²) in [5, 5.41) is 11.8. The monoisotopic (exact) mass is 391 g/mol. The number of nitriles is 1. The van der Waals surface area contributed by atoms with Gasteiger partial charge in [-0.1, -0.05) is 12.8 Å². The number of hydrogen-bond donors (Lipinski definition) is 1. The first-order valence-corrected chi connectivity index (χ1v) is 10.9. The summed E-state index contributed by atoms with van der Waals surface area (Å²) in [6, 6.07) is 7.60. The minimum atomic E-state index is -3.77. The van der Waals surface area contributed by atoms with Crippen molar-refractivity contribution in [2.24, 2.45) is 5.92 Å². The Morgan fingerprint density at radius 1 is 1.11 bits per heavy atom. The van der Waals surface area contributed by atoms with Crippen molar-refractivity contribution in [1.82, 2.24) is 9.62 Å². The van der Waals surface area contributed by atoms with E-state index in [2.05, 4.69) is 5.32 Å². The average molecular weight is 391 g/mol. The smallest absolute Gasteiger partial charge is 0.243 e. The molecule has 1 heterocycles. The first-order chi connectivity index (χ1) is 13.0. The van der Waals surface area contributed by atoms with Crippen LogP contribution in [0.1, 0.15) is 37.7 Å². The zero-order valence-corrected chi connectivity index (χ0v) is 16.1. The van der Waals surface area contributed by atoms with Crippen LogP contribution in [-0.2, 0) is 19.6 Å². The molecule has 3 rings (SSSR count). The summed E-state index contributed by atoms with van der Waals surface area (Å²) in [4.78, 5) is 12.8. The van der Waals surface area contributed by atoms with Crippen molar-refractivity contribution < 1.29 is 17.9 Å². The number of fused-ring (bicyclic) bond motifs is 1. The summed E-state index contributed by atoms with van der Waals surface area (Å²) in [6.07, 6.45) is 3.78. The molecule has 27 heavy (non-hydrogen) atoms. The van der Waals surface area contributed by atoms with E-state index in [4.69, 9.17) is 10.00 Å². The second-order valence-corrected chi connectivity index (χ2v) is 8.86. The summed E-state index contributed by atoms with van der Waals surface area (Å²) < 4.78 is 33.7. The molecule has 1 aliphatic heterocycles. The molecule has 1 saturated carbocycles.